The van der Waals surface area contributed by atoms with Crippen molar-refractivity contribution in [3.8, 4) is 11.1 Å². The molecule has 0 radical (unpaired) electrons. The molecule has 3 heterocycles. The van der Waals surface area contributed by atoms with Crippen molar-refractivity contribution in [1.82, 2.24) is 0 Å². The van der Waals surface area contributed by atoms with Crippen LogP contribution in [0.3, 0.4) is 0 Å². The van der Waals surface area contributed by atoms with Gasteiger partial charge in [0, 0.05) is 61.0 Å². The van der Waals surface area contributed by atoms with E-state index in [-0.39, 0.29) is 0 Å². The molecule has 0 saturated carbocycles. The standard InChI is InChI=1S/C46H27NO3/c1-2-10-33-29(9-1)25-44-46(37-13-5-8-16-41(37)50-44)45(33)28-17-19-30(20-18-28)47(31-22-24-42-38(26-31)35-12-4-7-15-40(35)48-42)32-21-23-36-34-11-3-6-14-39(34)49-43(36)27-32/h1-27H. The highest BCUT2D eigenvalue weighted by atomic mass is 16.3. The first kappa shape index (κ1) is 27.2. The summed E-state index contributed by atoms with van der Waals surface area (Å²) in [5.41, 5.74) is 10.6. The summed E-state index contributed by atoms with van der Waals surface area (Å²) in [5.74, 6) is 0. The van der Waals surface area contributed by atoms with Crippen LogP contribution >= 0.6 is 0 Å². The molecule has 11 rings (SSSR count). The van der Waals surface area contributed by atoms with Crippen LogP contribution in [0.2, 0.25) is 0 Å². The lowest BCUT2D eigenvalue weighted by Gasteiger charge is -2.26. The van der Waals surface area contributed by atoms with E-state index in [0.29, 0.717) is 0 Å². The Morgan fingerprint density at radius 2 is 0.840 bits per heavy atom. The molecule has 234 valence electrons. The van der Waals surface area contributed by atoms with E-state index < -0.39 is 0 Å². The Morgan fingerprint density at radius 1 is 0.320 bits per heavy atom. The first-order valence-electron chi connectivity index (χ1n) is 16.8. The van der Waals surface area contributed by atoms with Crippen LogP contribution in [0.15, 0.2) is 177 Å². The SMILES string of the molecule is c1ccc2c(-c3ccc(N(c4ccc5c(c4)oc4ccccc45)c4ccc5oc6ccccc6c5c4)cc3)c3c(cc2c1)oc1ccccc13. The van der Waals surface area contributed by atoms with Crippen molar-refractivity contribution < 1.29 is 13.3 Å². The van der Waals surface area contributed by atoms with Gasteiger partial charge in [-0.15, -0.1) is 0 Å². The third-order valence-corrected chi connectivity index (χ3v) is 10.0. The molecule has 0 fully saturated rings. The molecule has 3 aromatic heterocycles. The van der Waals surface area contributed by atoms with Gasteiger partial charge >= 0.3 is 0 Å². The Kier molecular flexibility index (Phi) is 5.63. The van der Waals surface area contributed by atoms with E-state index in [4.69, 9.17) is 13.3 Å². The van der Waals surface area contributed by atoms with Gasteiger partial charge in [0.2, 0.25) is 0 Å². The van der Waals surface area contributed by atoms with E-state index >= 15 is 0 Å². The van der Waals surface area contributed by atoms with Crippen molar-refractivity contribution in [2.24, 2.45) is 0 Å². The second-order valence-corrected chi connectivity index (χ2v) is 12.9. The zero-order chi connectivity index (χ0) is 32.8. The fourth-order valence-electron chi connectivity index (χ4n) is 7.78. The van der Waals surface area contributed by atoms with Crippen LogP contribution in [-0.2, 0) is 0 Å². The highest BCUT2D eigenvalue weighted by molar-refractivity contribution is 6.20. The molecule has 0 aliphatic carbocycles. The molecule has 0 saturated heterocycles. The summed E-state index contributed by atoms with van der Waals surface area (Å²) < 4.78 is 19.0. The molecule has 0 amide bonds. The van der Waals surface area contributed by atoms with Gasteiger partial charge in [-0.3, -0.25) is 0 Å². The first-order valence-corrected chi connectivity index (χ1v) is 16.8. The number of rotatable bonds is 4. The molecule has 0 aliphatic heterocycles. The van der Waals surface area contributed by atoms with E-state index in [9.17, 15) is 0 Å². The van der Waals surface area contributed by atoms with E-state index in [1.165, 1.54) is 10.9 Å². The smallest absolute Gasteiger partial charge is 0.137 e. The predicted molar refractivity (Wildman–Crippen MR) is 206 cm³/mol. The topological polar surface area (TPSA) is 42.7 Å². The number of hydrogen-bond donors (Lipinski definition) is 0. The van der Waals surface area contributed by atoms with Crippen molar-refractivity contribution in [1.29, 1.82) is 0 Å². The number of nitrogens with zero attached hydrogens (tertiary/aromatic N) is 1. The Bertz CT molecular complexity index is 3110. The maximum Gasteiger partial charge on any atom is 0.137 e. The fraction of sp³-hybridized carbons (Fsp3) is 0. The van der Waals surface area contributed by atoms with Gasteiger partial charge in [-0.25, -0.2) is 0 Å². The molecule has 0 N–H and O–H groups in total. The largest absolute Gasteiger partial charge is 0.456 e. The third kappa shape index (κ3) is 3.99. The van der Waals surface area contributed by atoms with Gasteiger partial charge in [0.25, 0.3) is 0 Å². The molecule has 0 aliphatic rings. The number of benzene rings is 8. The van der Waals surface area contributed by atoms with Crippen molar-refractivity contribution in [2.45, 2.75) is 0 Å². The molecule has 0 unspecified atom stereocenters. The van der Waals surface area contributed by atoms with Gasteiger partial charge in [0.1, 0.15) is 33.5 Å². The van der Waals surface area contributed by atoms with E-state index in [1.807, 2.05) is 36.4 Å². The summed E-state index contributed by atoms with van der Waals surface area (Å²) in [7, 11) is 0. The normalized spacial score (nSPS) is 12.0. The molecule has 0 bridgehead atoms. The molecular formula is C46H27NO3. The second kappa shape index (κ2) is 10.4. The minimum absolute atomic E-state index is 0.852. The van der Waals surface area contributed by atoms with Crippen molar-refractivity contribution in [2.75, 3.05) is 4.90 Å². The molecule has 11 aromatic rings. The highest BCUT2D eigenvalue weighted by Crippen LogP contribution is 2.44. The summed E-state index contributed by atoms with van der Waals surface area (Å²) in [6, 6.07) is 57.3. The Balaban J connectivity index is 1.12. The van der Waals surface area contributed by atoms with Gasteiger partial charge < -0.3 is 18.2 Å². The van der Waals surface area contributed by atoms with Crippen LogP contribution in [0.5, 0.6) is 0 Å². The summed E-state index contributed by atoms with van der Waals surface area (Å²) in [6.45, 7) is 0. The van der Waals surface area contributed by atoms with Gasteiger partial charge in [-0.2, -0.15) is 0 Å². The lowest BCUT2D eigenvalue weighted by molar-refractivity contribution is 0.668. The van der Waals surface area contributed by atoms with Gasteiger partial charge in [0.05, 0.1) is 0 Å². The van der Waals surface area contributed by atoms with Crippen LogP contribution < -0.4 is 4.90 Å². The minimum atomic E-state index is 0.852. The summed E-state index contributed by atoms with van der Waals surface area (Å²) in [6.07, 6.45) is 0. The maximum atomic E-state index is 6.39. The Hall–Kier alpha value is -6.78. The quantitative estimate of drug-likeness (QED) is 0.192. The molecule has 0 spiro atoms. The fourth-order valence-corrected chi connectivity index (χ4v) is 7.78. The van der Waals surface area contributed by atoms with Crippen LogP contribution in [0, 0.1) is 0 Å². The van der Waals surface area contributed by atoms with Gasteiger partial charge in [-0.05, 0) is 83.1 Å². The minimum Gasteiger partial charge on any atom is -0.456 e. The lowest BCUT2D eigenvalue weighted by Crippen LogP contribution is -2.09. The Labute approximate surface area is 286 Å². The number of para-hydroxylation sites is 3. The average Bonchev–Trinajstić information content (AvgIpc) is 3.85. The van der Waals surface area contributed by atoms with Gasteiger partial charge in [0.15, 0.2) is 0 Å². The third-order valence-electron chi connectivity index (χ3n) is 10.0. The van der Waals surface area contributed by atoms with Crippen LogP contribution in [0.1, 0.15) is 0 Å². The monoisotopic (exact) mass is 641 g/mol. The summed E-state index contributed by atoms with van der Waals surface area (Å²) >= 11 is 0. The average molecular weight is 642 g/mol. The van der Waals surface area contributed by atoms with Crippen molar-refractivity contribution in [3.63, 3.8) is 0 Å². The van der Waals surface area contributed by atoms with Crippen molar-refractivity contribution in [3.05, 3.63) is 164 Å². The lowest BCUT2D eigenvalue weighted by atomic mass is 9.93. The van der Waals surface area contributed by atoms with Crippen LogP contribution in [0.4, 0.5) is 17.1 Å². The van der Waals surface area contributed by atoms with Crippen LogP contribution in [-0.4, -0.2) is 0 Å². The van der Waals surface area contributed by atoms with Crippen molar-refractivity contribution >= 4 is 93.7 Å². The zero-order valence-corrected chi connectivity index (χ0v) is 26.8. The van der Waals surface area contributed by atoms with Gasteiger partial charge in [-0.1, -0.05) is 91.0 Å². The van der Waals surface area contributed by atoms with E-state index in [0.717, 1.165) is 93.8 Å². The second-order valence-electron chi connectivity index (χ2n) is 12.9. The molecular weight excluding hydrogens is 615 g/mol. The molecule has 4 heteroatoms. The number of anilines is 3. The summed E-state index contributed by atoms with van der Waals surface area (Å²) in [5, 5.41) is 9.00. The zero-order valence-electron chi connectivity index (χ0n) is 26.8. The van der Waals surface area contributed by atoms with Crippen LogP contribution in [0.25, 0.3) is 87.7 Å². The maximum absolute atomic E-state index is 6.39. The highest BCUT2D eigenvalue weighted by Gasteiger charge is 2.20. The molecule has 4 nitrogen and oxygen atoms in total. The van der Waals surface area contributed by atoms with E-state index in [1.54, 1.807) is 0 Å². The molecule has 50 heavy (non-hydrogen) atoms. The Morgan fingerprint density at radius 3 is 1.62 bits per heavy atom. The number of fused-ring (bicyclic) bond motifs is 10. The molecule has 0 atom stereocenters. The predicted octanol–water partition coefficient (Wildman–Crippen LogP) is 13.7. The first-order chi connectivity index (χ1) is 24.8. The number of furan rings is 3. The summed E-state index contributed by atoms with van der Waals surface area (Å²) in [4.78, 5) is 2.30. The molecule has 8 aromatic carbocycles. The number of hydrogen-bond acceptors (Lipinski definition) is 4. The van der Waals surface area contributed by atoms with E-state index in [2.05, 4.69) is 132 Å².